The van der Waals surface area contributed by atoms with Crippen molar-refractivity contribution in [1.29, 1.82) is 0 Å². The Kier molecular flexibility index (Phi) is 3.31. The van der Waals surface area contributed by atoms with Gasteiger partial charge >= 0.3 is 11.9 Å². The number of carboxylic acid groups (broad SMARTS) is 1. The molecule has 0 bridgehead atoms. The number of aromatic carboxylic acids is 1. The highest BCUT2D eigenvalue weighted by atomic mass is 35.5. The van der Waals surface area contributed by atoms with E-state index < -0.39 is 11.9 Å². The highest BCUT2D eigenvalue weighted by molar-refractivity contribution is 6.33. The summed E-state index contributed by atoms with van der Waals surface area (Å²) in [6, 6.07) is 2.71. The molecule has 0 unspecified atom stereocenters. The third-order valence-electron chi connectivity index (χ3n) is 1.84. The molecule has 1 aromatic carbocycles. The smallest absolute Gasteiger partial charge is 0.336 e. The number of ether oxygens (including phenoxy) is 1. The van der Waals surface area contributed by atoms with Gasteiger partial charge in [-0.2, -0.15) is 0 Å². The van der Waals surface area contributed by atoms with Crippen LogP contribution in [0.4, 0.5) is 0 Å². The van der Waals surface area contributed by atoms with Crippen LogP contribution in [0.5, 0.6) is 5.75 Å². The van der Waals surface area contributed by atoms with Gasteiger partial charge in [-0.05, 0) is 24.6 Å². The topological polar surface area (TPSA) is 63.6 Å². The number of hydrogen-bond acceptors (Lipinski definition) is 3. The molecule has 5 heteroatoms. The average molecular weight is 229 g/mol. The molecule has 4 nitrogen and oxygen atoms in total. The first-order chi connectivity index (χ1) is 6.93. The molecule has 0 heterocycles. The van der Waals surface area contributed by atoms with Crippen molar-refractivity contribution in [2.75, 3.05) is 0 Å². The summed E-state index contributed by atoms with van der Waals surface area (Å²) in [4.78, 5) is 21.4. The van der Waals surface area contributed by atoms with Crippen LogP contribution in [-0.4, -0.2) is 17.0 Å². The van der Waals surface area contributed by atoms with E-state index >= 15 is 0 Å². The Morgan fingerprint density at radius 1 is 1.40 bits per heavy atom. The average Bonchev–Trinajstić information content (AvgIpc) is 2.12. The fourth-order valence-corrected chi connectivity index (χ4v) is 1.33. The SMILES string of the molecule is CC(=O)Oc1ccc(C(=O)O)c(C)c1Cl. The zero-order chi connectivity index (χ0) is 11.6. The van der Waals surface area contributed by atoms with Crippen molar-refractivity contribution in [1.82, 2.24) is 0 Å². The van der Waals surface area contributed by atoms with Gasteiger partial charge in [0.15, 0.2) is 0 Å². The number of halogens is 1. The van der Waals surface area contributed by atoms with Crippen molar-refractivity contribution in [3.05, 3.63) is 28.3 Å². The van der Waals surface area contributed by atoms with Crippen LogP contribution in [0.3, 0.4) is 0 Å². The number of hydrogen-bond donors (Lipinski definition) is 1. The summed E-state index contributed by atoms with van der Waals surface area (Å²) in [6.45, 7) is 2.80. The first kappa shape index (κ1) is 11.5. The molecule has 0 fully saturated rings. The largest absolute Gasteiger partial charge is 0.478 e. The Morgan fingerprint density at radius 2 is 2.00 bits per heavy atom. The molecule has 1 aromatic rings. The summed E-state index contributed by atoms with van der Waals surface area (Å²) < 4.78 is 4.80. The molecule has 0 aliphatic carbocycles. The monoisotopic (exact) mass is 228 g/mol. The number of carbonyl (C=O) groups excluding carboxylic acids is 1. The van der Waals surface area contributed by atoms with Crippen LogP contribution in [0.1, 0.15) is 22.8 Å². The third kappa shape index (κ3) is 2.47. The van der Waals surface area contributed by atoms with Gasteiger partial charge in [0.25, 0.3) is 0 Å². The lowest BCUT2D eigenvalue weighted by Gasteiger charge is -2.08. The van der Waals surface area contributed by atoms with Crippen molar-refractivity contribution in [2.24, 2.45) is 0 Å². The second-order valence-electron chi connectivity index (χ2n) is 2.95. The van der Waals surface area contributed by atoms with Gasteiger partial charge in [-0.1, -0.05) is 11.6 Å². The lowest BCUT2D eigenvalue weighted by molar-refractivity contribution is -0.131. The minimum Gasteiger partial charge on any atom is -0.478 e. The molecule has 0 spiro atoms. The van der Waals surface area contributed by atoms with E-state index in [-0.39, 0.29) is 16.3 Å². The van der Waals surface area contributed by atoms with Crippen molar-refractivity contribution < 1.29 is 19.4 Å². The van der Waals surface area contributed by atoms with Gasteiger partial charge in [-0.15, -0.1) is 0 Å². The summed E-state index contributed by atoms with van der Waals surface area (Å²) in [6.07, 6.45) is 0. The second-order valence-corrected chi connectivity index (χ2v) is 3.33. The van der Waals surface area contributed by atoms with Crippen LogP contribution >= 0.6 is 11.6 Å². The molecule has 15 heavy (non-hydrogen) atoms. The summed E-state index contributed by atoms with van der Waals surface area (Å²) in [5.41, 5.74) is 0.471. The normalized spacial score (nSPS) is 9.80. The fraction of sp³-hybridized carbons (Fsp3) is 0.200. The van der Waals surface area contributed by atoms with E-state index in [2.05, 4.69) is 0 Å². The van der Waals surface area contributed by atoms with E-state index in [1.807, 2.05) is 0 Å². The van der Waals surface area contributed by atoms with Gasteiger partial charge in [-0.25, -0.2) is 4.79 Å². The quantitative estimate of drug-likeness (QED) is 0.623. The molecule has 0 amide bonds. The Bertz CT molecular complexity index is 426. The van der Waals surface area contributed by atoms with Gasteiger partial charge in [0.2, 0.25) is 0 Å². The maximum Gasteiger partial charge on any atom is 0.336 e. The number of benzene rings is 1. The minimum atomic E-state index is -1.07. The summed E-state index contributed by atoms with van der Waals surface area (Å²) in [5.74, 6) is -1.39. The van der Waals surface area contributed by atoms with Gasteiger partial charge in [-0.3, -0.25) is 4.79 Å². The molecular weight excluding hydrogens is 220 g/mol. The highest BCUT2D eigenvalue weighted by Gasteiger charge is 2.14. The second kappa shape index (κ2) is 4.31. The van der Waals surface area contributed by atoms with Crippen molar-refractivity contribution >= 4 is 23.5 Å². The van der Waals surface area contributed by atoms with E-state index in [4.69, 9.17) is 21.4 Å². The standard InChI is InChI=1S/C10H9ClO4/c1-5-7(10(13)14)3-4-8(9(5)11)15-6(2)12/h3-4H,1-2H3,(H,13,14). The predicted octanol–water partition coefficient (Wildman–Crippen LogP) is 2.27. The predicted molar refractivity (Wildman–Crippen MR) is 54.5 cm³/mol. The fourth-order valence-electron chi connectivity index (χ4n) is 1.13. The molecule has 80 valence electrons. The van der Waals surface area contributed by atoms with E-state index in [9.17, 15) is 9.59 Å². The zero-order valence-electron chi connectivity index (χ0n) is 8.20. The number of esters is 1. The van der Waals surface area contributed by atoms with Crippen LogP contribution in [0.15, 0.2) is 12.1 Å². The van der Waals surface area contributed by atoms with Gasteiger partial charge in [0.05, 0.1) is 10.6 Å². The molecule has 0 aromatic heterocycles. The van der Waals surface area contributed by atoms with Crippen LogP contribution in [0.2, 0.25) is 5.02 Å². The molecular formula is C10H9ClO4. The third-order valence-corrected chi connectivity index (χ3v) is 2.30. The van der Waals surface area contributed by atoms with E-state index in [0.717, 1.165) is 0 Å². The van der Waals surface area contributed by atoms with Crippen LogP contribution in [-0.2, 0) is 4.79 Å². The lowest BCUT2D eigenvalue weighted by atomic mass is 10.1. The Morgan fingerprint density at radius 3 is 2.47 bits per heavy atom. The van der Waals surface area contributed by atoms with Gasteiger partial charge < -0.3 is 9.84 Å². The molecule has 1 N–H and O–H groups in total. The van der Waals surface area contributed by atoms with Crippen molar-refractivity contribution in [2.45, 2.75) is 13.8 Å². The lowest BCUT2D eigenvalue weighted by Crippen LogP contribution is -2.05. The summed E-state index contributed by atoms with van der Waals surface area (Å²) in [7, 11) is 0. The van der Waals surface area contributed by atoms with Crippen molar-refractivity contribution in [3.63, 3.8) is 0 Å². The molecule has 1 rings (SSSR count). The summed E-state index contributed by atoms with van der Waals surface area (Å²) >= 11 is 5.85. The summed E-state index contributed by atoms with van der Waals surface area (Å²) in [5, 5.41) is 8.94. The zero-order valence-corrected chi connectivity index (χ0v) is 8.96. The van der Waals surface area contributed by atoms with Crippen LogP contribution in [0, 0.1) is 6.92 Å². The van der Waals surface area contributed by atoms with E-state index in [0.29, 0.717) is 5.56 Å². The highest BCUT2D eigenvalue weighted by Crippen LogP contribution is 2.30. The van der Waals surface area contributed by atoms with Crippen molar-refractivity contribution in [3.8, 4) is 5.75 Å². The van der Waals surface area contributed by atoms with E-state index in [1.54, 1.807) is 6.92 Å². The van der Waals surface area contributed by atoms with Gasteiger partial charge in [0, 0.05) is 6.92 Å². The van der Waals surface area contributed by atoms with E-state index in [1.165, 1.54) is 19.1 Å². The Hall–Kier alpha value is -1.55. The van der Waals surface area contributed by atoms with Gasteiger partial charge in [0.1, 0.15) is 5.75 Å². The minimum absolute atomic E-state index is 0.0934. The molecule has 0 saturated carbocycles. The van der Waals surface area contributed by atoms with Crippen LogP contribution < -0.4 is 4.74 Å². The molecule has 0 atom stereocenters. The molecule has 0 aliphatic rings. The Balaban J connectivity index is 3.21. The maximum atomic E-state index is 10.7. The number of rotatable bonds is 2. The first-order valence-corrected chi connectivity index (χ1v) is 4.52. The molecule has 0 saturated heterocycles. The van der Waals surface area contributed by atoms with Crippen LogP contribution in [0.25, 0.3) is 0 Å². The first-order valence-electron chi connectivity index (χ1n) is 4.14. The Labute approximate surface area is 91.4 Å². The number of carbonyl (C=O) groups is 2. The molecule has 0 radical (unpaired) electrons. The maximum absolute atomic E-state index is 10.7. The number of carboxylic acids is 1. The molecule has 0 aliphatic heterocycles.